The molecular weight excluding hydrogens is 274 g/mol. The molecule has 2 N–H and O–H groups in total. The summed E-state index contributed by atoms with van der Waals surface area (Å²) in [5, 5.41) is 0.691. The van der Waals surface area contributed by atoms with Crippen molar-refractivity contribution in [3.8, 4) is 11.5 Å². The minimum Gasteiger partial charge on any atom is -0.489 e. The number of benzene rings is 2. The number of anilines is 1. The van der Waals surface area contributed by atoms with E-state index < -0.39 is 0 Å². The van der Waals surface area contributed by atoms with Crippen LogP contribution in [0.5, 0.6) is 11.5 Å². The number of para-hydroxylation sites is 1. The van der Waals surface area contributed by atoms with Crippen molar-refractivity contribution in [2.24, 2.45) is 0 Å². The van der Waals surface area contributed by atoms with Gasteiger partial charge in [0.1, 0.15) is 23.8 Å². The molecule has 106 valence electrons. The van der Waals surface area contributed by atoms with Gasteiger partial charge >= 0.3 is 0 Å². The maximum absolute atomic E-state index is 6.05. The van der Waals surface area contributed by atoms with Gasteiger partial charge in [0.25, 0.3) is 0 Å². The highest BCUT2D eigenvalue weighted by Crippen LogP contribution is 2.32. The lowest BCUT2D eigenvalue weighted by Crippen LogP contribution is -2.08. The minimum absolute atomic E-state index is 0.0699. The van der Waals surface area contributed by atoms with E-state index in [1.54, 1.807) is 0 Å². The van der Waals surface area contributed by atoms with Crippen LogP contribution in [0, 0.1) is 0 Å². The van der Waals surface area contributed by atoms with E-state index in [1.165, 1.54) is 0 Å². The van der Waals surface area contributed by atoms with Gasteiger partial charge in [-0.15, -0.1) is 0 Å². The molecule has 0 aliphatic rings. The second-order valence-corrected chi connectivity index (χ2v) is 5.19. The van der Waals surface area contributed by atoms with E-state index >= 15 is 0 Å². The van der Waals surface area contributed by atoms with Crippen molar-refractivity contribution < 1.29 is 9.47 Å². The minimum atomic E-state index is 0.0699. The highest BCUT2D eigenvalue weighted by molar-refractivity contribution is 6.30. The first-order valence-electron chi connectivity index (χ1n) is 6.48. The molecule has 0 heterocycles. The summed E-state index contributed by atoms with van der Waals surface area (Å²) < 4.78 is 11.4. The van der Waals surface area contributed by atoms with Gasteiger partial charge in [-0.25, -0.2) is 0 Å². The van der Waals surface area contributed by atoms with Crippen LogP contribution in [0.1, 0.15) is 19.4 Å². The fraction of sp³-hybridized carbons (Fsp3) is 0.250. The number of halogens is 1. The standard InChI is InChI=1S/C16H18ClNO2/c1-11(2)20-15-8-4-7-14(16(15)18)19-10-12-5-3-6-13(17)9-12/h3-9,11H,10,18H2,1-2H3. The molecule has 0 radical (unpaired) electrons. The third kappa shape index (κ3) is 3.81. The molecule has 0 fully saturated rings. The molecule has 2 aromatic carbocycles. The molecule has 20 heavy (non-hydrogen) atoms. The van der Waals surface area contributed by atoms with Crippen LogP contribution in [0.25, 0.3) is 0 Å². The van der Waals surface area contributed by atoms with E-state index in [-0.39, 0.29) is 6.10 Å². The van der Waals surface area contributed by atoms with Gasteiger partial charge in [0, 0.05) is 5.02 Å². The lowest BCUT2D eigenvalue weighted by atomic mass is 10.2. The summed E-state index contributed by atoms with van der Waals surface area (Å²) in [6.07, 6.45) is 0.0699. The Morgan fingerprint density at radius 2 is 1.80 bits per heavy atom. The Morgan fingerprint density at radius 3 is 2.50 bits per heavy atom. The van der Waals surface area contributed by atoms with Crippen LogP contribution in [0.3, 0.4) is 0 Å². The fourth-order valence-electron chi connectivity index (χ4n) is 1.79. The van der Waals surface area contributed by atoms with E-state index in [4.69, 9.17) is 26.8 Å². The molecule has 0 unspecified atom stereocenters. The highest BCUT2D eigenvalue weighted by Gasteiger charge is 2.08. The Hall–Kier alpha value is -1.87. The molecular formula is C16H18ClNO2. The van der Waals surface area contributed by atoms with Gasteiger partial charge in [-0.2, -0.15) is 0 Å². The Morgan fingerprint density at radius 1 is 1.10 bits per heavy atom. The smallest absolute Gasteiger partial charge is 0.146 e. The van der Waals surface area contributed by atoms with Gasteiger partial charge in [-0.05, 0) is 43.7 Å². The van der Waals surface area contributed by atoms with Crippen molar-refractivity contribution in [2.45, 2.75) is 26.6 Å². The first-order valence-corrected chi connectivity index (χ1v) is 6.86. The molecule has 0 saturated carbocycles. The molecule has 0 bridgehead atoms. The summed E-state index contributed by atoms with van der Waals surface area (Å²) in [4.78, 5) is 0. The summed E-state index contributed by atoms with van der Waals surface area (Å²) in [5.41, 5.74) is 7.56. The molecule has 0 aliphatic heterocycles. The van der Waals surface area contributed by atoms with Crippen LogP contribution >= 0.6 is 11.6 Å². The average molecular weight is 292 g/mol. The Labute approximate surface area is 124 Å². The zero-order valence-corrected chi connectivity index (χ0v) is 12.4. The molecule has 2 rings (SSSR count). The van der Waals surface area contributed by atoms with Crippen molar-refractivity contribution in [3.05, 3.63) is 53.1 Å². The van der Waals surface area contributed by atoms with E-state index in [0.717, 1.165) is 5.56 Å². The van der Waals surface area contributed by atoms with E-state index in [9.17, 15) is 0 Å². The van der Waals surface area contributed by atoms with Crippen molar-refractivity contribution >= 4 is 17.3 Å². The second kappa shape index (κ2) is 6.53. The van der Waals surface area contributed by atoms with Crippen molar-refractivity contribution in [2.75, 3.05) is 5.73 Å². The molecule has 0 aromatic heterocycles. The summed E-state index contributed by atoms with van der Waals surface area (Å²) in [6.45, 7) is 4.33. The predicted octanol–water partition coefficient (Wildman–Crippen LogP) is 4.29. The molecule has 0 atom stereocenters. The maximum Gasteiger partial charge on any atom is 0.146 e. The van der Waals surface area contributed by atoms with Gasteiger partial charge in [-0.1, -0.05) is 29.8 Å². The van der Waals surface area contributed by atoms with E-state index in [0.29, 0.717) is 28.8 Å². The van der Waals surface area contributed by atoms with Crippen molar-refractivity contribution in [1.82, 2.24) is 0 Å². The highest BCUT2D eigenvalue weighted by atomic mass is 35.5. The van der Waals surface area contributed by atoms with Crippen molar-refractivity contribution in [1.29, 1.82) is 0 Å². The van der Waals surface area contributed by atoms with Gasteiger partial charge < -0.3 is 15.2 Å². The lowest BCUT2D eigenvalue weighted by Gasteiger charge is -2.15. The van der Waals surface area contributed by atoms with Crippen LogP contribution in [0.15, 0.2) is 42.5 Å². The van der Waals surface area contributed by atoms with Crippen molar-refractivity contribution in [3.63, 3.8) is 0 Å². The number of ether oxygens (including phenoxy) is 2. The van der Waals surface area contributed by atoms with Crippen LogP contribution in [0.4, 0.5) is 5.69 Å². The van der Waals surface area contributed by atoms with Gasteiger partial charge in [0.05, 0.1) is 6.10 Å². The molecule has 4 heteroatoms. The van der Waals surface area contributed by atoms with E-state index in [2.05, 4.69) is 0 Å². The summed E-state index contributed by atoms with van der Waals surface area (Å²) >= 11 is 5.94. The zero-order valence-electron chi connectivity index (χ0n) is 11.6. The first-order chi connectivity index (χ1) is 9.56. The Kier molecular flexibility index (Phi) is 4.74. The van der Waals surface area contributed by atoms with Gasteiger partial charge in [-0.3, -0.25) is 0 Å². The second-order valence-electron chi connectivity index (χ2n) is 4.75. The fourth-order valence-corrected chi connectivity index (χ4v) is 2.01. The molecule has 0 saturated heterocycles. The molecule has 0 amide bonds. The molecule has 0 aliphatic carbocycles. The summed E-state index contributed by atoms with van der Waals surface area (Å²) in [5.74, 6) is 1.26. The normalized spacial score (nSPS) is 10.6. The number of hydrogen-bond donors (Lipinski definition) is 1. The SMILES string of the molecule is CC(C)Oc1cccc(OCc2cccc(Cl)c2)c1N. The predicted molar refractivity (Wildman–Crippen MR) is 82.4 cm³/mol. The maximum atomic E-state index is 6.05. The number of rotatable bonds is 5. The lowest BCUT2D eigenvalue weighted by molar-refractivity contribution is 0.241. The topological polar surface area (TPSA) is 44.5 Å². The average Bonchev–Trinajstić information content (AvgIpc) is 2.39. The van der Waals surface area contributed by atoms with Gasteiger partial charge in [0.2, 0.25) is 0 Å². The summed E-state index contributed by atoms with van der Waals surface area (Å²) in [6, 6.07) is 13.1. The molecule has 3 nitrogen and oxygen atoms in total. The third-order valence-corrected chi connectivity index (χ3v) is 2.91. The number of nitrogens with two attached hydrogens (primary N) is 1. The Balaban J connectivity index is 2.10. The molecule has 2 aromatic rings. The van der Waals surface area contributed by atoms with Crippen LogP contribution in [-0.2, 0) is 6.61 Å². The largest absolute Gasteiger partial charge is 0.489 e. The monoisotopic (exact) mass is 291 g/mol. The van der Waals surface area contributed by atoms with E-state index in [1.807, 2.05) is 56.3 Å². The molecule has 0 spiro atoms. The Bertz CT molecular complexity index is 584. The first kappa shape index (κ1) is 14.5. The number of hydrogen-bond acceptors (Lipinski definition) is 3. The summed E-state index contributed by atoms with van der Waals surface area (Å²) in [7, 11) is 0. The quantitative estimate of drug-likeness (QED) is 0.836. The number of nitrogen functional groups attached to an aromatic ring is 1. The van der Waals surface area contributed by atoms with Crippen LogP contribution in [-0.4, -0.2) is 6.10 Å². The third-order valence-electron chi connectivity index (χ3n) is 2.67. The van der Waals surface area contributed by atoms with Gasteiger partial charge in [0.15, 0.2) is 0 Å². The van der Waals surface area contributed by atoms with Crippen LogP contribution < -0.4 is 15.2 Å². The van der Waals surface area contributed by atoms with Crippen LogP contribution in [0.2, 0.25) is 5.02 Å². The zero-order chi connectivity index (χ0) is 14.5.